The predicted octanol–water partition coefficient (Wildman–Crippen LogP) is 7.08. The molecule has 2 atom stereocenters. The molecule has 1 heterocycles. The van der Waals surface area contributed by atoms with E-state index < -0.39 is 0 Å². The quantitative estimate of drug-likeness (QED) is 0.263. The van der Waals surface area contributed by atoms with E-state index in [0.29, 0.717) is 23.9 Å². The van der Waals surface area contributed by atoms with Crippen molar-refractivity contribution in [1.82, 2.24) is 0 Å². The topological polar surface area (TPSA) is 61.8 Å². The Morgan fingerprint density at radius 2 is 1.38 bits per heavy atom. The summed E-state index contributed by atoms with van der Waals surface area (Å²) in [6.07, 6.45) is 7.23. The second kappa shape index (κ2) is 12.4. The van der Waals surface area contributed by atoms with Crippen molar-refractivity contribution in [3.63, 3.8) is 0 Å². The van der Waals surface area contributed by atoms with E-state index in [4.69, 9.17) is 14.2 Å². The van der Waals surface area contributed by atoms with E-state index in [1.54, 1.807) is 12.1 Å². The maximum absolute atomic E-state index is 12.4. The van der Waals surface area contributed by atoms with Crippen molar-refractivity contribution in [3.8, 4) is 17.2 Å². The number of carbonyl (C=O) groups excluding carboxylic acids is 2. The van der Waals surface area contributed by atoms with Gasteiger partial charge in [-0.1, -0.05) is 52.7 Å². The molecule has 0 saturated carbocycles. The molecule has 0 N–H and O–H groups in total. The lowest BCUT2D eigenvalue weighted by Gasteiger charge is -2.20. The van der Waals surface area contributed by atoms with E-state index in [1.165, 1.54) is 0 Å². The van der Waals surface area contributed by atoms with Crippen molar-refractivity contribution >= 4 is 23.6 Å². The zero-order valence-corrected chi connectivity index (χ0v) is 20.8. The number of rotatable bonds is 11. The molecule has 0 radical (unpaired) electrons. The highest BCUT2D eigenvalue weighted by Gasteiger charge is 2.20. The van der Waals surface area contributed by atoms with Crippen molar-refractivity contribution in [2.24, 2.45) is 11.8 Å². The molecule has 0 fully saturated rings. The molecule has 0 aliphatic carbocycles. The van der Waals surface area contributed by atoms with Crippen LogP contribution in [0.15, 0.2) is 42.5 Å². The summed E-state index contributed by atoms with van der Waals surface area (Å²) in [4.78, 5) is 24.8. The summed E-state index contributed by atoms with van der Waals surface area (Å²) in [5, 5.41) is 0. The van der Waals surface area contributed by atoms with Crippen molar-refractivity contribution in [1.29, 1.82) is 0 Å². The van der Waals surface area contributed by atoms with Gasteiger partial charge in [0.15, 0.2) is 0 Å². The summed E-state index contributed by atoms with van der Waals surface area (Å²) >= 11 is 0. The van der Waals surface area contributed by atoms with Gasteiger partial charge >= 0.3 is 11.9 Å². The lowest BCUT2D eigenvalue weighted by atomic mass is 10.00. The van der Waals surface area contributed by atoms with Gasteiger partial charge in [-0.25, -0.2) is 0 Å². The molecule has 0 aromatic heterocycles. The standard InChI is InChI=1S/C29H36O5/c1-5-9-20(7-3)28(30)33-25-14-11-22(12-15-25)24-17-23-13-16-26(18-27(23)32-19-24)34-29(31)21(8-4)10-6-2/h11-18,20-21H,5-10,19H2,1-4H3. The van der Waals surface area contributed by atoms with Crippen LogP contribution in [0.1, 0.15) is 77.3 Å². The van der Waals surface area contributed by atoms with E-state index in [0.717, 1.165) is 55.2 Å². The molecule has 2 aromatic carbocycles. The van der Waals surface area contributed by atoms with Gasteiger partial charge in [0.05, 0.1) is 11.8 Å². The van der Waals surface area contributed by atoms with E-state index in [9.17, 15) is 9.59 Å². The van der Waals surface area contributed by atoms with Gasteiger partial charge in [0.25, 0.3) is 0 Å². The monoisotopic (exact) mass is 464 g/mol. The third-order valence-electron chi connectivity index (χ3n) is 6.29. The fraction of sp³-hybridized carbons (Fsp3) is 0.448. The van der Waals surface area contributed by atoms with Gasteiger partial charge in [-0.05, 0) is 67.2 Å². The molecule has 2 unspecified atom stereocenters. The average Bonchev–Trinajstić information content (AvgIpc) is 2.85. The number of carbonyl (C=O) groups is 2. The normalized spacial score (nSPS) is 14.3. The molecule has 0 bridgehead atoms. The molecule has 34 heavy (non-hydrogen) atoms. The maximum Gasteiger partial charge on any atom is 0.314 e. The summed E-state index contributed by atoms with van der Waals surface area (Å²) < 4.78 is 17.1. The first-order valence-electron chi connectivity index (χ1n) is 12.5. The van der Waals surface area contributed by atoms with E-state index in [1.807, 2.05) is 44.2 Å². The van der Waals surface area contributed by atoms with Gasteiger partial charge in [-0.3, -0.25) is 9.59 Å². The van der Waals surface area contributed by atoms with Gasteiger partial charge in [0, 0.05) is 11.6 Å². The van der Waals surface area contributed by atoms with Crippen LogP contribution < -0.4 is 14.2 Å². The molecule has 1 aliphatic rings. The molecule has 0 amide bonds. The van der Waals surface area contributed by atoms with Crippen molar-refractivity contribution in [3.05, 3.63) is 53.6 Å². The summed E-state index contributed by atoms with van der Waals surface area (Å²) in [7, 11) is 0. The SMILES string of the molecule is CCCC(CC)C(=O)Oc1ccc(C2=Cc3ccc(OC(=O)C(CC)CCC)cc3OC2)cc1. The number of esters is 2. The van der Waals surface area contributed by atoms with Crippen molar-refractivity contribution < 1.29 is 23.8 Å². The Hall–Kier alpha value is -3.08. The average molecular weight is 465 g/mol. The van der Waals surface area contributed by atoms with Gasteiger partial charge in [-0.15, -0.1) is 0 Å². The summed E-state index contributed by atoms with van der Waals surface area (Å²) in [5.41, 5.74) is 2.97. The van der Waals surface area contributed by atoms with Crippen molar-refractivity contribution in [2.75, 3.05) is 6.61 Å². The Kier molecular flexibility index (Phi) is 9.32. The number of benzene rings is 2. The third kappa shape index (κ3) is 6.49. The summed E-state index contributed by atoms with van der Waals surface area (Å²) in [6, 6.07) is 13.0. The number of hydrogen-bond donors (Lipinski definition) is 0. The highest BCUT2D eigenvalue weighted by molar-refractivity contribution is 5.86. The second-order valence-corrected chi connectivity index (χ2v) is 8.81. The lowest BCUT2D eigenvalue weighted by molar-refractivity contribution is -0.140. The Morgan fingerprint density at radius 1 is 0.824 bits per heavy atom. The molecule has 5 nitrogen and oxygen atoms in total. The molecule has 3 rings (SSSR count). The molecule has 0 saturated heterocycles. The molecule has 182 valence electrons. The van der Waals surface area contributed by atoms with Gasteiger partial charge < -0.3 is 14.2 Å². The largest absolute Gasteiger partial charge is 0.488 e. The molecule has 0 spiro atoms. The van der Waals surface area contributed by atoms with Crippen LogP contribution >= 0.6 is 0 Å². The molecule has 1 aliphatic heterocycles. The zero-order valence-electron chi connectivity index (χ0n) is 20.8. The van der Waals surface area contributed by atoms with Crippen LogP contribution in [0.25, 0.3) is 11.6 Å². The second-order valence-electron chi connectivity index (χ2n) is 8.81. The third-order valence-corrected chi connectivity index (χ3v) is 6.29. The number of fused-ring (bicyclic) bond motifs is 1. The smallest absolute Gasteiger partial charge is 0.314 e. The Labute approximate surface area is 203 Å². The van der Waals surface area contributed by atoms with Crippen LogP contribution in [0, 0.1) is 11.8 Å². The van der Waals surface area contributed by atoms with E-state index in [-0.39, 0.29) is 23.8 Å². The Balaban J connectivity index is 1.67. The molecule has 5 heteroatoms. The van der Waals surface area contributed by atoms with E-state index >= 15 is 0 Å². The van der Waals surface area contributed by atoms with Crippen LogP contribution in [0.4, 0.5) is 0 Å². The van der Waals surface area contributed by atoms with Gasteiger partial charge in [-0.2, -0.15) is 0 Å². The van der Waals surface area contributed by atoms with E-state index in [2.05, 4.69) is 19.9 Å². The first-order valence-corrected chi connectivity index (χ1v) is 12.5. The lowest BCUT2D eigenvalue weighted by Crippen LogP contribution is -2.20. The highest BCUT2D eigenvalue weighted by Crippen LogP contribution is 2.34. The Bertz CT molecular complexity index is 1010. The molecular weight excluding hydrogens is 428 g/mol. The first-order chi connectivity index (χ1) is 16.5. The van der Waals surface area contributed by atoms with Crippen LogP contribution in [0.5, 0.6) is 17.2 Å². The highest BCUT2D eigenvalue weighted by atomic mass is 16.5. The fourth-order valence-corrected chi connectivity index (χ4v) is 4.18. The summed E-state index contributed by atoms with van der Waals surface area (Å²) in [5.74, 6) is 1.29. The first kappa shape index (κ1) is 25.5. The minimum absolute atomic E-state index is 0.0562. The fourth-order valence-electron chi connectivity index (χ4n) is 4.18. The summed E-state index contributed by atoms with van der Waals surface area (Å²) in [6.45, 7) is 8.58. The van der Waals surface area contributed by atoms with Crippen LogP contribution in [-0.2, 0) is 9.59 Å². The maximum atomic E-state index is 12.4. The van der Waals surface area contributed by atoms with Gasteiger partial charge in [0.1, 0.15) is 23.9 Å². The number of ether oxygens (including phenoxy) is 3. The van der Waals surface area contributed by atoms with Gasteiger partial charge in [0.2, 0.25) is 0 Å². The van der Waals surface area contributed by atoms with Crippen LogP contribution in [0.2, 0.25) is 0 Å². The zero-order chi connectivity index (χ0) is 24.5. The predicted molar refractivity (Wildman–Crippen MR) is 135 cm³/mol. The Morgan fingerprint density at radius 3 is 1.94 bits per heavy atom. The van der Waals surface area contributed by atoms with Crippen molar-refractivity contribution in [2.45, 2.75) is 66.2 Å². The number of hydrogen-bond acceptors (Lipinski definition) is 5. The van der Waals surface area contributed by atoms with Crippen LogP contribution in [-0.4, -0.2) is 18.5 Å². The minimum Gasteiger partial charge on any atom is -0.488 e. The van der Waals surface area contributed by atoms with Crippen LogP contribution in [0.3, 0.4) is 0 Å². The molecule has 2 aromatic rings. The molecular formula is C29H36O5. The minimum atomic E-state index is -0.183.